The fourth-order valence-corrected chi connectivity index (χ4v) is 3.50. The van der Waals surface area contributed by atoms with Gasteiger partial charge in [-0.1, -0.05) is 0 Å². The van der Waals surface area contributed by atoms with E-state index in [-0.39, 0.29) is 0 Å². The molecule has 0 saturated carbocycles. The first-order valence-electron chi connectivity index (χ1n) is 5.32. The molecule has 3 N–H and O–H groups in total. The molecule has 84 valence electrons. The molecule has 4 heteroatoms. The Morgan fingerprint density at radius 3 is 2.93 bits per heavy atom. The Bertz CT molecular complexity index is 160. The summed E-state index contributed by atoms with van der Waals surface area (Å²) in [6.45, 7) is 3.15. The predicted molar refractivity (Wildman–Crippen MR) is 62.3 cm³/mol. The molecule has 1 fully saturated rings. The Balaban J connectivity index is 2.35. The third kappa shape index (κ3) is 3.12. The van der Waals surface area contributed by atoms with Crippen LogP contribution in [0, 0.1) is 0 Å². The zero-order valence-corrected chi connectivity index (χ0v) is 10.0. The van der Waals surface area contributed by atoms with Gasteiger partial charge in [0.15, 0.2) is 0 Å². The summed E-state index contributed by atoms with van der Waals surface area (Å²) < 4.78 is 5.39. The molecule has 1 aliphatic rings. The van der Waals surface area contributed by atoms with Gasteiger partial charge in [-0.15, -0.1) is 0 Å². The third-order valence-corrected chi connectivity index (χ3v) is 4.67. The van der Waals surface area contributed by atoms with E-state index in [2.05, 4.69) is 24.1 Å². The van der Waals surface area contributed by atoms with Crippen LogP contribution in [-0.4, -0.2) is 30.3 Å². The molecule has 2 atom stereocenters. The number of hydrogen-bond donors (Lipinski definition) is 2. The van der Waals surface area contributed by atoms with Crippen LogP contribution in [0.3, 0.4) is 0 Å². The lowest BCUT2D eigenvalue weighted by Crippen LogP contribution is -2.48. The van der Waals surface area contributed by atoms with E-state index in [0.717, 1.165) is 19.4 Å². The summed E-state index contributed by atoms with van der Waals surface area (Å²) in [5, 5.41) is 0. The normalized spacial score (nSPS) is 29.4. The van der Waals surface area contributed by atoms with Gasteiger partial charge >= 0.3 is 0 Å². The molecule has 0 aromatic carbocycles. The summed E-state index contributed by atoms with van der Waals surface area (Å²) >= 11 is 2.05. The van der Waals surface area contributed by atoms with Crippen molar-refractivity contribution < 1.29 is 4.74 Å². The second-order valence-electron chi connectivity index (χ2n) is 4.12. The highest BCUT2D eigenvalue weighted by atomic mass is 32.2. The molecule has 0 aromatic heterocycles. The van der Waals surface area contributed by atoms with Crippen LogP contribution in [0.4, 0.5) is 0 Å². The second kappa shape index (κ2) is 5.95. The molecule has 2 unspecified atom stereocenters. The molecule has 14 heavy (non-hydrogen) atoms. The lowest BCUT2D eigenvalue weighted by molar-refractivity contribution is 0.186. The van der Waals surface area contributed by atoms with Crippen molar-refractivity contribution in [1.29, 1.82) is 0 Å². The Labute approximate surface area is 91.1 Å². The van der Waals surface area contributed by atoms with Crippen LogP contribution in [0.15, 0.2) is 0 Å². The van der Waals surface area contributed by atoms with E-state index in [9.17, 15) is 0 Å². The van der Waals surface area contributed by atoms with E-state index in [4.69, 9.17) is 10.6 Å². The van der Waals surface area contributed by atoms with Gasteiger partial charge in [0.1, 0.15) is 0 Å². The second-order valence-corrected chi connectivity index (χ2v) is 5.75. The number of hydrogen-bond acceptors (Lipinski definition) is 4. The van der Waals surface area contributed by atoms with Gasteiger partial charge in [0.05, 0.1) is 0 Å². The molecule has 0 amide bonds. The topological polar surface area (TPSA) is 47.3 Å². The third-order valence-electron chi connectivity index (χ3n) is 3.03. The molecular weight excluding hydrogens is 196 g/mol. The minimum Gasteiger partial charge on any atom is -0.385 e. The first kappa shape index (κ1) is 12.3. The molecule has 1 rings (SSSR count). The molecule has 0 aromatic rings. The van der Waals surface area contributed by atoms with Gasteiger partial charge in [-0.25, -0.2) is 0 Å². The summed E-state index contributed by atoms with van der Waals surface area (Å²) in [5.74, 6) is 6.89. The molecule has 0 spiro atoms. The van der Waals surface area contributed by atoms with Crippen LogP contribution in [0.25, 0.3) is 0 Å². The summed E-state index contributed by atoms with van der Waals surface area (Å²) in [4.78, 5) is 0. The minimum atomic E-state index is 0.336. The van der Waals surface area contributed by atoms with Crippen molar-refractivity contribution in [2.45, 2.75) is 43.4 Å². The smallest absolute Gasteiger partial charge is 0.0462 e. The summed E-state index contributed by atoms with van der Waals surface area (Å²) in [5.41, 5.74) is 2.97. The maximum Gasteiger partial charge on any atom is 0.0462 e. The van der Waals surface area contributed by atoms with Crippen LogP contribution in [0.1, 0.15) is 32.6 Å². The average Bonchev–Trinajstić information content (AvgIpc) is 2.61. The fourth-order valence-electron chi connectivity index (χ4n) is 2.07. The van der Waals surface area contributed by atoms with Crippen molar-refractivity contribution in [3.05, 3.63) is 0 Å². The molecule has 3 nitrogen and oxygen atoms in total. The van der Waals surface area contributed by atoms with E-state index < -0.39 is 0 Å². The lowest BCUT2D eigenvalue weighted by atomic mass is 9.93. The molecule has 1 saturated heterocycles. The quantitative estimate of drug-likeness (QED) is 0.403. The highest BCUT2D eigenvalue weighted by Crippen LogP contribution is 2.41. The Morgan fingerprint density at radius 1 is 1.64 bits per heavy atom. The Morgan fingerprint density at radius 2 is 2.43 bits per heavy atom. The number of hydrazine groups is 1. The number of nitrogens with one attached hydrogen (secondary N) is 1. The fraction of sp³-hybridized carbons (Fsp3) is 1.00. The Kier molecular flexibility index (Phi) is 5.23. The van der Waals surface area contributed by atoms with Gasteiger partial charge in [0.25, 0.3) is 0 Å². The average molecular weight is 218 g/mol. The molecule has 0 radical (unpaired) electrons. The number of nitrogens with two attached hydrogens (primary N) is 1. The first-order chi connectivity index (χ1) is 6.73. The monoisotopic (exact) mass is 218 g/mol. The van der Waals surface area contributed by atoms with Crippen molar-refractivity contribution >= 4 is 11.8 Å². The number of methoxy groups -OCH3 is 1. The van der Waals surface area contributed by atoms with Crippen LogP contribution in [-0.2, 0) is 4.74 Å². The molecule has 1 heterocycles. The van der Waals surface area contributed by atoms with Gasteiger partial charge in [-0.05, 0) is 38.4 Å². The molecule has 0 bridgehead atoms. The highest BCUT2D eigenvalue weighted by molar-refractivity contribution is 8.00. The maximum absolute atomic E-state index is 5.62. The van der Waals surface area contributed by atoms with Crippen LogP contribution < -0.4 is 11.3 Å². The van der Waals surface area contributed by atoms with Gasteiger partial charge in [0, 0.05) is 24.5 Å². The SMILES string of the molecule is COCCCC(NN)C1(C)CCCS1. The van der Waals surface area contributed by atoms with Gasteiger partial charge in [-0.2, -0.15) is 11.8 Å². The first-order valence-corrected chi connectivity index (χ1v) is 6.30. The van der Waals surface area contributed by atoms with E-state index in [0.29, 0.717) is 10.8 Å². The van der Waals surface area contributed by atoms with Crippen molar-refractivity contribution in [3.8, 4) is 0 Å². The van der Waals surface area contributed by atoms with Gasteiger partial charge in [-0.3, -0.25) is 11.3 Å². The standard InChI is InChI=1S/C10H22N2OS/c1-10(6-4-8-14-10)9(12-11)5-3-7-13-2/h9,12H,3-8,11H2,1-2H3. The summed E-state index contributed by atoms with van der Waals surface area (Å²) in [6.07, 6.45) is 4.79. The van der Waals surface area contributed by atoms with Crippen molar-refractivity contribution in [2.24, 2.45) is 5.84 Å². The minimum absolute atomic E-state index is 0.336. The number of ether oxygens (including phenoxy) is 1. The number of thioether (sulfide) groups is 1. The molecular formula is C10H22N2OS. The zero-order chi connectivity index (χ0) is 10.4. The van der Waals surface area contributed by atoms with Gasteiger partial charge in [0.2, 0.25) is 0 Å². The van der Waals surface area contributed by atoms with Crippen molar-refractivity contribution in [2.75, 3.05) is 19.5 Å². The molecule has 1 aliphatic heterocycles. The maximum atomic E-state index is 5.62. The Hall–Kier alpha value is 0.230. The van der Waals surface area contributed by atoms with Crippen LogP contribution in [0.5, 0.6) is 0 Å². The summed E-state index contributed by atoms with van der Waals surface area (Å²) in [6, 6.07) is 0.421. The van der Waals surface area contributed by atoms with Crippen LogP contribution in [0.2, 0.25) is 0 Å². The van der Waals surface area contributed by atoms with Crippen molar-refractivity contribution in [1.82, 2.24) is 5.43 Å². The largest absolute Gasteiger partial charge is 0.385 e. The highest BCUT2D eigenvalue weighted by Gasteiger charge is 2.36. The lowest BCUT2D eigenvalue weighted by Gasteiger charge is -2.32. The van der Waals surface area contributed by atoms with Crippen molar-refractivity contribution in [3.63, 3.8) is 0 Å². The summed E-state index contributed by atoms with van der Waals surface area (Å²) in [7, 11) is 1.75. The number of rotatable bonds is 6. The predicted octanol–water partition coefficient (Wildman–Crippen LogP) is 1.53. The van der Waals surface area contributed by atoms with E-state index in [1.807, 2.05) is 0 Å². The molecule has 0 aliphatic carbocycles. The van der Waals surface area contributed by atoms with Gasteiger partial charge < -0.3 is 4.74 Å². The zero-order valence-electron chi connectivity index (χ0n) is 9.21. The van der Waals surface area contributed by atoms with Crippen LogP contribution >= 0.6 is 11.8 Å². The van der Waals surface area contributed by atoms with E-state index >= 15 is 0 Å². The van der Waals surface area contributed by atoms with E-state index in [1.165, 1.54) is 18.6 Å². The van der Waals surface area contributed by atoms with E-state index in [1.54, 1.807) is 7.11 Å².